The van der Waals surface area contributed by atoms with E-state index in [1.54, 1.807) is 30.3 Å². The fraction of sp³-hybridized carbons (Fsp3) is 0. The van der Waals surface area contributed by atoms with E-state index in [4.69, 9.17) is 10.1 Å². The molecular formula is C11H8N6O2. The van der Waals surface area contributed by atoms with E-state index < -0.39 is 5.91 Å². The van der Waals surface area contributed by atoms with Gasteiger partial charge in [-0.1, -0.05) is 12.1 Å². The molecule has 8 heteroatoms. The molecule has 1 aromatic heterocycles. The molecule has 1 amide bonds. The molecule has 1 saturated heterocycles. The van der Waals surface area contributed by atoms with Crippen molar-refractivity contribution < 1.29 is 9.53 Å². The van der Waals surface area contributed by atoms with Gasteiger partial charge in [-0.05, 0) is 34.2 Å². The molecule has 2 N–H and O–H groups in total. The van der Waals surface area contributed by atoms with E-state index >= 15 is 0 Å². The molecule has 3 rings (SSSR count). The van der Waals surface area contributed by atoms with Crippen molar-refractivity contribution in [2.24, 2.45) is 0 Å². The number of nitrogens with one attached hydrogen (secondary N) is 2. The predicted molar refractivity (Wildman–Crippen MR) is 64.1 cm³/mol. The molecule has 0 saturated carbocycles. The lowest BCUT2D eigenvalue weighted by Gasteiger charge is -2.00. The highest BCUT2D eigenvalue weighted by atomic mass is 16.5. The molecule has 2 aromatic rings. The number of carbonyl (C=O) groups excluding carboxylic acids is 1. The maximum absolute atomic E-state index is 11.4. The van der Waals surface area contributed by atoms with Gasteiger partial charge in [0.15, 0.2) is 5.76 Å². The zero-order valence-electron chi connectivity index (χ0n) is 9.57. The number of nitrogens with zero attached hydrogens (tertiary/aromatic N) is 4. The number of aromatic nitrogens is 4. The summed E-state index contributed by atoms with van der Waals surface area (Å²) < 4.78 is 6.45. The van der Waals surface area contributed by atoms with E-state index in [9.17, 15) is 4.79 Å². The minimum Gasteiger partial charge on any atom is -0.420 e. The zero-order chi connectivity index (χ0) is 13.2. The summed E-state index contributed by atoms with van der Waals surface area (Å²) in [5.74, 6) is -0.324. The first-order valence-electron chi connectivity index (χ1n) is 5.35. The maximum atomic E-state index is 11.4. The van der Waals surface area contributed by atoms with Crippen LogP contribution in [0.25, 0.3) is 11.8 Å². The average molecular weight is 256 g/mol. The standard InChI is InChI=1S/C11H8N6O2/c12-11-14-10(18)9(19-11)5-7-1-3-8(4-2-7)17-6-13-15-16-17/h1-6H,(H2,12,14,18). The van der Waals surface area contributed by atoms with Crippen molar-refractivity contribution in [1.82, 2.24) is 25.5 Å². The fourth-order valence-electron chi connectivity index (χ4n) is 1.60. The Balaban J connectivity index is 1.86. The Morgan fingerprint density at radius 2 is 2.11 bits per heavy atom. The summed E-state index contributed by atoms with van der Waals surface area (Å²) in [4.78, 5) is 11.4. The van der Waals surface area contributed by atoms with Crippen molar-refractivity contribution in [3.05, 3.63) is 41.9 Å². The van der Waals surface area contributed by atoms with Crippen LogP contribution in [0.5, 0.6) is 0 Å². The van der Waals surface area contributed by atoms with Crippen LogP contribution in [0.1, 0.15) is 5.56 Å². The zero-order valence-corrected chi connectivity index (χ0v) is 9.57. The van der Waals surface area contributed by atoms with Crippen molar-refractivity contribution in [3.8, 4) is 5.69 Å². The van der Waals surface area contributed by atoms with Crippen LogP contribution < -0.4 is 5.32 Å². The second kappa shape index (κ2) is 4.33. The van der Waals surface area contributed by atoms with Gasteiger partial charge in [0.2, 0.25) is 0 Å². The molecule has 0 radical (unpaired) electrons. The number of rotatable bonds is 2. The third-order valence-electron chi connectivity index (χ3n) is 2.47. The third kappa shape index (κ3) is 2.18. The van der Waals surface area contributed by atoms with Crippen molar-refractivity contribution in [2.45, 2.75) is 0 Å². The monoisotopic (exact) mass is 256 g/mol. The summed E-state index contributed by atoms with van der Waals surface area (Å²) in [5, 5.41) is 20.3. The Morgan fingerprint density at radius 3 is 2.68 bits per heavy atom. The lowest BCUT2D eigenvalue weighted by Crippen LogP contribution is -2.19. The van der Waals surface area contributed by atoms with Gasteiger partial charge in [0.05, 0.1) is 5.69 Å². The van der Waals surface area contributed by atoms with Gasteiger partial charge in [-0.25, -0.2) is 4.68 Å². The number of carbonyl (C=O) groups is 1. The number of hydrogen-bond acceptors (Lipinski definition) is 6. The normalized spacial score (nSPS) is 16.5. The number of ether oxygens (including phenoxy) is 1. The first kappa shape index (κ1) is 11.1. The summed E-state index contributed by atoms with van der Waals surface area (Å²) in [6, 6.07) is 6.94. The lowest BCUT2D eigenvalue weighted by molar-refractivity contribution is -0.116. The van der Waals surface area contributed by atoms with Crippen LogP contribution >= 0.6 is 0 Å². The van der Waals surface area contributed by atoms with Crippen LogP contribution in [-0.2, 0) is 9.53 Å². The van der Waals surface area contributed by atoms with Crippen molar-refractivity contribution in [2.75, 3.05) is 0 Å². The summed E-state index contributed by atoms with van der Waals surface area (Å²) in [6.07, 6.45) is 3.04. The van der Waals surface area contributed by atoms with Gasteiger partial charge in [0.1, 0.15) is 6.33 Å². The summed E-state index contributed by atoms with van der Waals surface area (Å²) in [5.41, 5.74) is 1.58. The van der Waals surface area contributed by atoms with Crippen molar-refractivity contribution in [1.29, 1.82) is 5.41 Å². The van der Waals surface area contributed by atoms with Gasteiger partial charge >= 0.3 is 0 Å². The largest absolute Gasteiger partial charge is 0.420 e. The quantitative estimate of drug-likeness (QED) is 0.740. The van der Waals surface area contributed by atoms with Gasteiger partial charge in [-0.3, -0.25) is 15.5 Å². The third-order valence-corrected chi connectivity index (χ3v) is 2.47. The molecule has 8 nitrogen and oxygen atoms in total. The topological polar surface area (TPSA) is 106 Å². The van der Waals surface area contributed by atoms with Crippen molar-refractivity contribution >= 4 is 18.0 Å². The Hall–Kier alpha value is -3.03. The lowest BCUT2D eigenvalue weighted by atomic mass is 10.2. The first-order valence-corrected chi connectivity index (χ1v) is 5.35. The first-order chi connectivity index (χ1) is 9.22. The average Bonchev–Trinajstić information content (AvgIpc) is 3.01. The number of benzene rings is 1. The van der Waals surface area contributed by atoms with Crippen LogP contribution in [-0.4, -0.2) is 32.1 Å². The SMILES string of the molecule is N=C1NC(=O)C(=Cc2ccc(-n3cnnn3)cc2)O1. The molecule has 0 aliphatic carbocycles. The second-order valence-corrected chi connectivity index (χ2v) is 3.74. The minimum atomic E-state index is -0.422. The van der Waals surface area contributed by atoms with Crippen LogP contribution in [0.15, 0.2) is 36.4 Å². The van der Waals surface area contributed by atoms with E-state index in [-0.39, 0.29) is 11.8 Å². The number of tetrazole rings is 1. The van der Waals surface area contributed by atoms with Crippen LogP contribution in [0, 0.1) is 5.41 Å². The molecule has 94 valence electrons. The van der Waals surface area contributed by atoms with Crippen LogP contribution in [0.2, 0.25) is 0 Å². The Kier molecular flexibility index (Phi) is 2.53. The van der Waals surface area contributed by atoms with Gasteiger partial charge in [-0.2, -0.15) is 0 Å². The highest BCUT2D eigenvalue weighted by Gasteiger charge is 2.23. The fourth-order valence-corrected chi connectivity index (χ4v) is 1.60. The smallest absolute Gasteiger partial charge is 0.295 e. The van der Waals surface area contributed by atoms with E-state index in [0.717, 1.165) is 11.3 Å². The molecule has 0 bridgehead atoms. The van der Waals surface area contributed by atoms with E-state index in [2.05, 4.69) is 20.8 Å². The van der Waals surface area contributed by atoms with Crippen molar-refractivity contribution in [3.63, 3.8) is 0 Å². The highest BCUT2D eigenvalue weighted by molar-refractivity contribution is 6.10. The molecule has 1 aromatic carbocycles. The predicted octanol–water partition coefficient (Wildman–Crippen LogP) is 0.0844. The minimum absolute atomic E-state index is 0.0974. The number of amidine groups is 1. The van der Waals surface area contributed by atoms with Gasteiger partial charge in [0.25, 0.3) is 11.9 Å². The summed E-state index contributed by atoms with van der Waals surface area (Å²) in [7, 11) is 0. The van der Waals surface area contributed by atoms with E-state index in [1.165, 1.54) is 11.0 Å². The molecule has 0 unspecified atom stereocenters. The van der Waals surface area contributed by atoms with E-state index in [1.807, 2.05) is 0 Å². The maximum Gasteiger partial charge on any atom is 0.295 e. The Bertz CT molecular complexity index is 659. The number of amides is 1. The van der Waals surface area contributed by atoms with Gasteiger partial charge < -0.3 is 4.74 Å². The molecule has 0 atom stereocenters. The molecule has 1 aliphatic heterocycles. The molecule has 1 aliphatic rings. The molecule has 2 heterocycles. The van der Waals surface area contributed by atoms with Gasteiger partial charge in [-0.15, -0.1) is 5.10 Å². The number of hydrogen-bond donors (Lipinski definition) is 2. The Labute approximate surface area is 107 Å². The second-order valence-electron chi connectivity index (χ2n) is 3.74. The highest BCUT2D eigenvalue weighted by Crippen LogP contribution is 2.14. The van der Waals surface area contributed by atoms with Crippen LogP contribution in [0.3, 0.4) is 0 Å². The Morgan fingerprint density at radius 1 is 1.32 bits per heavy atom. The summed E-state index contributed by atoms with van der Waals surface area (Å²) >= 11 is 0. The van der Waals surface area contributed by atoms with Gasteiger partial charge in [0, 0.05) is 0 Å². The molecular weight excluding hydrogens is 248 g/mol. The molecule has 1 fully saturated rings. The molecule has 19 heavy (non-hydrogen) atoms. The summed E-state index contributed by atoms with van der Waals surface area (Å²) in [6.45, 7) is 0. The van der Waals surface area contributed by atoms with E-state index in [0.29, 0.717) is 0 Å². The van der Waals surface area contributed by atoms with Crippen LogP contribution in [0.4, 0.5) is 0 Å². The molecule has 0 spiro atoms.